The van der Waals surface area contributed by atoms with Gasteiger partial charge < -0.3 is 14.0 Å². The van der Waals surface area contributed by atoms with Gasteiger partial charge in [-0.3, -0.25) is 18.7 Å². The summed E-state index contributed by atoms with van der Waals surface area (Å²) in [6.45, 7) is 7.04. The number of imidazole rings is 1. The molecule has 0 atom stereocenters. The number of hydrogen-bond acceptors (Lipinski definition) is 6. The molecule has 0 fully saturated rings. The summed E-state index contributed by atoms with van der Waals surface area (Å²) in [5, 5.41) is 0. The average molecular weight is 382 g/mol. The third-order valence-electron chi connectivity index (χ3n) is 3.97. The van der Waals surface area contributed by atoms with Crippen LogP contribution in [0.2, 0.25) is 25.7 Å². The first-order chi connectivity index (χ1) is 12.2. The molecule has 0 aromatic carbocycles. The van der Waals surface area contributed by atoms with Gasteiger partial charge in [0.15, 0.2) is 16.9 Å². The molecule has 10 heteroatoms. The van der Waals surface area contributed by atoms with Crippen LogP contribution in [0.3, 0.4) is 0 Å². The standard InChI is InChI=1S/C16H26N4O5Si/c1-18-14-13(15(22)20(16(18)23)8-12(21)9-24-2)19(10-17-14)11-25-6-7-26(3,4)5/h10H,6-9,11H2,1-5H3. The van der Waals surface area contributed by atoms with Crippen molar-refractivity contribution in [3.05, 3.63) is 27.2 Å². The number of aromatic nitrogens is 4. The van der Waals surface area contributed by atoms with Crippen LogP contribution in [-0.2, 0) is 34.6 Å². The number of hydrogen-bond donors (Lipinski definition) is 0. The zero-order valence-corrected chi connectivity index (χ0v) is 16.9. The van der Waals surface area contributed by atoms with Crippen LogP contribution in [-0.4, -0.2) is 52.9 Å². The average Bonchev–Trinajstić information content (AvgIpc) is 2.97. The molecule has 0 spiro atoms. The molecule has 9 nitrogen and oxygen atoms in total. The number of ketones is 1. The Bertz CT molecular complexity index is 906. The Labute approximate surface area is 152 Å². The predicted octanol–water partition coefficient (Wildman–Crippen LogP) is 0.425. The number of rotatable bonds is 9. The molecule has 0 aliphatic carbocycles. The van der Waals surface area contributed by atoms with Gasteiger partial charge in [-0.25, -0.2) is 9.78 Å². The molecule has 0 aliphatic rings. The minimum atomic E-state index is -1.21. The first-order valence-corrected chi connectivity index (χ1v) is 12.1. The highest BCUT2D eigenvalue weighted by molar-refractivity contribution is 6.76. The second kappa shape index (κ2) is 8.10. The van der Waals surface area contributed by atoms with Gasteiger partial charge in [0.25, 0.3) is 5.56 Å². The highest BCUT2D eigenvalue weighted by atomic mass is 28.3. The number of carbonyl (C=O) groups excluding carboxylic acids is 1. The maximum absolute atomic E-state index is 12.8. The van der Waals surface area contributed by atoms with Crippen LogP contribution in [0.15, 0.2) is 15.9 Å². The highest BCUT2D eigenvalue weighted by Gasteiger charge is 2.18. The van der Waals surface area contributed by atoms with E-state index in [1.54, 1.807) is 4.57 Å². The lowest BCUT2D eigenvalue weighted by Gasteiger charge is -2.15. The maximum Gasteiger partial charge on any atom is 0.332 e. The number of ether oxygens (including phenoxy) is 2. The van der Waals surface area contributed by atoms with Crippen molar-refractivity contribution in [3.8, 4) is 0 Å². The lowest BCUT2D eigenvalue weighted by molar-refractivity contribution is -0.123. The summed E-state index contributed by atoms with van der Waals surface area (Å²) in [6.07, 6.45) is 1.47. The number of methoxy groups -OCH3 is 1. The number of nitrogens with zero attached hydrogens (tertiary/aromatic N) is 4. The van der Waals surface area contributed by atoms with Crippen molar-refractivity contribution < 1.29 is 14.3 Å². The van der Waals surface area contributed by atoms with Crippen molar-refractivity contribution in [1.82, 2.24) is 18.7 Å². The van der Waals surface area contributed by atoms with Gasteiger partial charge in [0.05, 0.1) is 12.9 Å². The quantitative estimate of drug-likeness (QED) is 0.461. The summed E-state index contributed by atoms with van der Waals surface area (Å²) in [5.74, 6) is -0.358. The molecule has 0 bridgehead atoms. The monoisotopic (exact) mass is 382 g/mol. The Hall–Kier alpha value is -2.04. The summed E-state index contributed by atoms with van der Waals surface area (Å²) in [7, 11) is 1.70. The van der Waals surface area contributed by atoms with Crippen molar-refractivity contribution in [1.29, 1.82) is 0 Å². The molecule has 2 aromatic rings. The Balaban J connectivity index is 2.34. The molecular weight excluding hydrogens is 356 g/mol. The fourth-order valence-electron chi connectivity index (χ4n) is 2.48. The lowest BCUT2D eigenvalue weighted by atomic mass is 10.4. The molecule has 2 heterocycles. The smallest absolute Gasteiger partial charge is 0.332 e. The topological polar surface area (TPSA) is 97.3 Å². The van der Waals surface area contributed by atoms with Gasteiger partial charge in [-0.1, -0.05) is 19.6 Å². The summed E-state index contributed by atoms with van der Waals surface area (Å²) in [4.78, 5) is 41.1. The van der Waals surface area contributed by atoms with Gasteiger partial charge >= 0.3 is 5.69 Å². The molecule has 0 N–H and O–H groups in total. The van der Waals surface area contributed by atoms with Crippen LogP contribution in [0.4, 0.5) is 0 Å². The van der Waals surface area contributed by atoms with Crippen LogP contribution in [0, 0.1) is 0 Å². The fourth-order valence-corrected chi connectivity index (χ4v) is 3.24. The molecule has 0 saturated carbocycles. The molecule has 2 rings (SSSR count). The molecule has 0 amide bonds. The number of carbonyl (C=O) groups is 1. The van der Waals surface area contributed by atoms with Gasteiger partial charge in [-0.15, -0.1) is 0 Å². The zero-order valence-electron chi connectivity index (χ0n) is 15.9. The van der Waals surface area contributed by atoms with Crippen molar-refractivity contribution in [2.24, 2.45) is 7.05 Å². The van der Waals surface area contributed by atoms with E-state index in [1.165, 1.54) is 25.1 Å². The lowest BCUT2D eigenvalue weighted by Crippen LogP contribution is -2.41. The van der Waals surface area contributed by atoms with Crippen LogP contribution in [0.1, 0.15) is 0 Å². The maximum atomic E-state index is 12.8. The van der Waals surface area contributed by atoms with Crippen LogP contribution in [0.25, 0.3) is 11.2 Å². The van der Waals surface area contributed by atoms with Crippen molar-refractivity contribution >= 4 is 25.0 Å². The second-order valence-electron chi connectivity index (χ2n) is 7.44. The van der Waals surface area contributed by atoms with Crippen molar-refractivity contribution in [2.45, 2.75) is 39.0 Å². The van der Waals surface area contributed by atoms with Gasteiger partial charge in [0.2, 0.25) is 0 Å². The SMILES string of the molecule is COCC(=O)Cn1c(=O)c2c(ncn2COCC[Si](C)(C)C)n(C)c1=O. The van der Waals surface area contributed by atoms with Crippen LogP contribution < -0.4 is 11.2 Å². The van der Waals surface area contributed by atoms with E-state index in [1.807, 2.05) is 0 Å². The molecule has 0 saturated heterocycles. The highest BCUT2D eigenvalue weighted by Crippen LogP contribution is 2.09. The van der Waals surface area contributed by atoms with E-state index in [0.29, 0.717) is 6.61 Å². The van der Waals surface area contributed by atoms with Crippen molar-refractivity contribution in [3.63, 3.8) is 0 Å². The first kappa shape index (κ1) is 20.3. The minimum absolute atomic E-state index is 0.160. The van der Waals surface area contributed by atoms with Crippen molar-refractivity contribution in [2.75, 3.05) is 20.3 Å². The summed E-state index contributed by atoms with van der Waals surface area (Å²) >= 11 is 0. The van der Waals surface area contributed by atoms with Gasteiger partial charge in [-0.05, 0) is 6.04 Å². The Morgan fingerprint density at radius 1 is 1.27 bits per heavy atom. The van der Waals surface area contributed by atoms with Crippen LogP contribution >= 0.6 is 0 Å². The third kappa shape index (κ3) is 4.57. The molecular formula is C16H26N4O5Si. The zero-order chi connectivity index (χ0) is 19.5. The summed E-state index contributed by atoms with van der Waals surface area (Å²) in [6, 6.07) is 1.01. The number of Topliss-reactive ketones (excluding diaryl/α,β-unsaturated/α-hetero) is 1. The Kier molecular flexibility index (Phi) is 6.32. The van der Waals surface area contributed by atoms with Gasteiger partial charge in [0.1, 0.15) is 13.3 Å². The Morgan fingerprint density at radius 3 is 2.58 bits per heavy atom. The number of fused-ring (bicyclic) bond motifs is 1. The van der Waals surface area contributed by atoms with E-state index in [2.05, 4.69) is 24.6 Å². The Morgan fingerprint density at radius 2 is 1.96 bits per heavy atom. The minimum Gasteiger partial charge on any atom is -0.377 e. The van der Waals surface area contributed by atoms with E-state index >= 15 is 0 Å². The molecule has 26 heavy (non-hydrogen) atoms. The molecule has 0 radical (unpaired) electrons. The summed E-state index contributed by atoms with van der Waals surface area (Å²) in [5.41, 5.74) is -0.634. The fraction of sp³-hybridized carbons (Fsp3) is 0.625. The molecule has 0 unspecified atom stereocenters. The van der Waals surface area contributed by atoms with E-state index in [-0.39, 0.29) is 36.8 Å². The molecule has 2 aromatic heterocycles. The largest absolute Gasteiger partial charge is 0.377 e. The van der Waals surface area contributed by atoms with Crippen LogP contribution in [0.5, 0.6) is 0 Å². The van der Waals surface area contributed by atoms with E-state index in [9.17, 15) is 14.4 Å². The second-order valence-corrected chi connectivity index (χ2v) is 13.1. The normalized spacial score (nSPS) is 12.0. The first-order valence-electron chi connectivity index (χ1n) is 8.39. The van der Waals surface area contributed by atoms with E-state index < -0.39 is 19.3 Å². The van der Waals surface area contributed by atoms with E-state index in [0.717, 1.165) is 10.6 Å². The summed E-state index contributed by atoms with van der Waals surface area (Å²) < 4.78 is 14.2. The number of aryl methyl sites for hydroxylation is 1. The third-order valence-corrected chi connectivity index (χ3v) is 5.67. The van der Waals surface area contributed by atoms with Gasteiger partial charge in [0, 0.05) is 28.8 Å². The van der Waals surface area contributed by atoms with E-state index in [4.69, 9.17) is 9.47 Å². The molecule has 144 valence electrons. The van der Waals surface area contributed by atoms with Gasteiger partial charge in [-0.2, -0.15) is 0 Å². The predicted molar refractivity (Wildman–Crippen MR) is 100 cm³/mol. The molecule has 0 aliphatic heterocycles.